The van der Waals surface area contributed by atoms with E-state index in [9.17, 15) is 14.7 Å². The average molecular weight is 359 g/mol. The third kappa shape index (κ3) is 3.46. The van der Waals surface area contributed by atoms with Gasteiger partial charge in [0.1, 0.15) is 16.8 Å². The number of rotatable bonds is 5. The molecule has 0 atom stereocenters. The van der Waals surface area contributed by atoms with Crippen molar-refractivity contribution in [2.45, 2.75) is 0 Å². The molecule has 0 aliphatic rings. The van der Waals surface area contributed by atoms with E-state index in [1.54, 1.807) is 18.2 Å². The van der Waals surface area contributed by atoms with Crippen LogP contribution < -0.4 is 5.32 Å². The molecule has 0 fully saturated rings. The fourth-order valence-corrected chi connectivity index (χ4v) is 2.29. The molecule has 2 aromatic carbocycles. The van der Waals surface area contributed by atoms with Gasteiger partial charge in [-0.05, 0) is 36.4 Å². The first-order chi connectivity index (χ1) is 12.0. The van der Waals surface area contributed by atoms with Gasteiger partial charge in [-0.15, -0.1) is 0 Å². The van der Waals surface area contributed by atoms with E-state index in [-0.39, 0.29) is 22.8 Å². The summed E-state index contributed by atoms with van der Waals surface area (Å²) in [6.45, 7) is 0. The lowest BCUT2D eigenvalue weighted by atomic mass is 10.2. The summed E-state index contributed by atoms with van der Waals surface area (Å²) in [6, 6.07) is 8.84. The monoisotopic (exact) mass is 358 g/mol. The molecule has 7 nitrogen and oxygen atoms in total. The number of oxazole rings is 1. The molecular weight excluding hydrogens is 348 g/mol. The molecule has 0 bridgehead atoms. The van der Waals surface area contributed by atoms with E-state index < -0.39 is 5.97 Å². The van der Waals surface area contributed by atoms with Crippen molar-refractivity contribution in [2.75, 3.05) is 5.32 Å². The average Bonchev–Trinajstić information content (AvgIpc) is 2.99. The van der Waals surface area contributed by atoms with Gasteiger partial charge in [-0.2, -0.15) is 0 Å². The fraction of sp³-hybridized carbons (Fsp3) is 0. The van der Waals surface area contributed by atoms with Gasteiger partial charge in [-0.3, -0.25) is 4.79 Å². The predicted octanol–water partition coefficient (Wildman–Crippen LogP) is 3.54. The number of anilines is 1. The lowest BCUT2D eigenvalue weighted by Crippen LogP contribution is -1.99. The second-order valence-electron chi connectivity index (χ2n) is 5.03. The van der Waals surface area contributed by atoms with Gasteiger partial charge in [0.25, 0.3) is 0 Å². The Kier molecular flexibility index (Phi) is 4.40. The van der Waals surface area contributed by atoms with Gasteiger partial charge in [-0.1, -0.05) is 11.6 Å². The zero-order chi connectivity index (χ0) is 18.0. The van der Waals surface area contributed by atoms with Crippen LogP contribution >= 0.6 is 11.6 Å². The number of carboxylic acids is 1. The molecule has 1 aromatic heterocycles. The molecule has 3 aromatic rings. The first-order valence-electron chi connectivity index (χ1n) is 7.02. The molecule has 0 saturated heterocycles. The van der Waals surface area contributed by atoms with Crippen molar-refractivity contribution < 1.29 is 24.2 Å². The minimum atomic E-state index is -1.27. The molecular formula is C17H11ClN2O5. The van der Waals surface area contributed by atoms with Crippen LogP contribution in [0.5, 0.6) is 5.75 Å². The Morgan fingerprint density at radius 3 is 2.76 bits per heavy atom. The van der Waals surface area contributed by atoms with Crippen LogP contribution in [0.15, 0.2) is 47.0 Å². The molecule has 8 heteroatoms. The second-order valence-corrected chi connectivity index (χ2v) is 5.47. The number of aromatic hydroxyl groups is 1. The number of halogens is 1. The predicted molar refractivity (Wildman–Crippen MR) is 91.7 cm³/mol. The Labute approximate surface area is 146 Å². The molecule has 25 heavy (non-hydrogen) atoms. The SMILES string of the molecule is O=C/C(=C/Nc1ccc(O)c(C(=O)O)c1)c1nc2cc(Cl)ccc2o1. The Balaban J connectivity index is 1.91. The van der Waals surface area contributed by atoms with Gasteiger partial charge in [0, 0.05) is 16.9 Å². The maximum atomic E-state index is 11.3. The van der Waals surface area contributed by atoms with Gasteiger partial charge in [0.15, 0.2) is 11.9 Å². The van der Waals surface area contributed by atoms with Crippen molar-refractivity contribution in [3.8, 4) is 5.75 Å². The minimum Gasteiger partial charge on any atom is -0.507 e. The number of aldehydes is 1. The Morgan fingerprint density at radius 2 is 2.04 bits per heavy atom. The molecule has 0 unspecified atom stereocenters. The van der Waals surface area contributed by atoms with Gasteiger partial charge in [0.2, 0.25) is 5.89 Å². The fourth-order valence-electron chi connectivity index (χ4n) is 2.13. The van der Waals surface area contributed by atoms with Crippen molar-refractivity contribution in [2.24, 2.45) is 0 Å². The molecule has 0 amide bonds. The van der Waals surface area contributed by atoms with Crippen LogP contribution in [0.3, 0.4) is 0 Å². The first kappa shape index (κ1) is 16.5. The van der Waals surface area contributed by atoms with Crippen molar-refractivity contribution >= 4 is 46.2 Å². The van der Waals surface area contributed by atoms with Crippen LogP contribution in [0.4, 0.5) is 5.69 Å². The quantitative estimate of drug-likeness (QED) is 0.363. The number of carbonyl (C=O) groups is 2. The second kappa shape index (κ2) is 6.66. The Bertz CT molecular complexity index is 1010. The van der Waals surface area contributed by atoms with Crippen molar-refractivity contribution in [3.05, 3.63) is 59.1 Å². The van der Waals surface area contributed by atoms with E-state index in [2.05, 4.69) is 10.3 Å². The molecule has 3 N–H and O–H groups in total. The van der Waals surface area contributed by atoms with Crippen LogP contribution in [-0.4, -0.2) is 27.5 Å². The van der Waals surface area contributed by atoms with Crippen molar-refractivity contribution in [3.63, 3.8) is 0 Å². The van der Waals surface area contributed by atoms with E-state index in [1.807, 2.05) is 0 Å². The highest BCUT2D eigenvalue weighted by Gasteiger charge is 2.12. The number of carbonyl (C=O) groups excluding carboxylic acids is 1. The van der Waals surface area contributed by atoms with E-state index >= 15 is 0 Å². The molecule has 1 heterocycles. The summed E-state index contributed by atoms with van der Waals surface area (Å²) in [5.41, 5.74) is 1.21. The summed E-state index contributed by atoms with van der Waals surface area (Å²) in [7, 11) is 0. The summed E-state index contributed by atoms with van der Waals surface area (Å²) in [6.07, 6.45) is 1.88. The maximum Gasteiger partial charge on any atom is 0.339 e. The van der Waals surface area contributed by atoms with Crippen molar-refractivity contribution in [1.29, 1.82) is 0 Å². The number of hydrogen-bond acceptors (Lipinski definition) is 6. The number of aromatic carboxylic acids is 1. The number of hydrogen-bond donors (Lipinski definition) is 3. The summed E-state index contributed by atoms with van der Waals surface area (Å²) < 4.78 is 5.50. The molecule has 0 radical (unpaired) electrons. The summed E-state index contributed by atoms with van der Waals surface area (Å²) in [5, 5.41) is 21.8. The van der Waals surface area contributed by atoms with Gasteiger partial charge in [-0.25, -0.2) is 9.78 Å². The number of aromatic nitrogens is 1. The number of nitrogens with zero attached hydrogens (tertiary/aromatic N) is 1. The molecule has 0 spiro atoms. The van der Waals surface area contributed by atoms with Crippen LogP contribution in [-0.2, 0) is 4.79 Å². The number of nitrogens with one attached hydrogen (secondary N) is 1. The summed E-state index contributed by atoms with van der Waals surface area (Å²) in [5.74, 6) is -1.53. The molecule has 126 valence electrons. The topological polar surface area (TPSA) is 113 Å². The number of carboxylic acid groups (broad SMARTS) is 1. The zero-order valence-corrected chi connectivity index (χ0v) is 13.3. The third-order valence-corrected chi connectivity index (χ3v) is 3.58. The highest BCUT2D eigenvalue weighted by atomic mass is 35.5. The van der Waals surface area contributed by atoms with E-state index in [1.165, 1.54) is 24.4 Å². The van der Waals surface area contributed by atoms with Crippen LogP contribution in [0.1, 0.15) is 16.2 Å². The zero-order valence-electron chi connectivity index (χ0n) is 12.6. The number of benzene rings is 2. The van der Waals surface area contributed by atoms with Gasteiger partial charge in [0.05, 0.1) is 5.57 Å². The normalized spacial score (nSPS) is 11.5. The number of fused-ring (bicyclic) bond motifs is 1. The number of allylic oxidation sites excluding steroid dienone is 1. The molecule has 0 aliphatic heterocycles. The first-order valence-corrected chi connectivity index (χ1v) is 7.40. The highest BCUT2D eigenvalue weighted by molar-refractivity contribution is 6.31. The van der Waals surface area contributed by atoms with Gasteiger partial charge >= 0.3 is 5.97 Å². The summed E-state index contributed by atoms with van der Waals surface area (Å²) in [4.78, 5) is 26.5. The molecule has 3 rings (SSSR count). The lowest BCUT2D eigenvalue weighted by Gasteiger charge is -2.05. The largest absolute Gasteiger partial charge is 0.507 e. The summed E-state index contributed by atoms with van der Waals surface area (Å²) >= 11 is 5.89. The Morgan fingerprint density at radius 1 is 1.24 bits per heavy atom. The number of phenols is 1. The molecule has 0 aliphatic carbocycles. The third-order valence-electron chi connectivity index (χ3n) is 3.34. The lowest BCUT2D eigenvalue weighted by molar-refractivity contribution is -0.103. The Hall–Kier alpha value is -3.32. The maximum absolute atomic E-state index is 11.3. The standard InChI is InChI=1S/C17H11ClN2O5/c18-10-1-4-15-13(5-10)20-16(25-15)9(8-21)7-19-11-2-3-14(22)12(6-11)17(23)24/h1-8,19,22H,(H,23,24)/b9-7-. The minimum absolute atomic E-state index is 0.0944. The van der Waals surface area contributed by atoms with Crippen molar-refractivity contribution in [1.82, 2.24) is 4.98 Å². The van der Waals surface area contributed by atoms with E-state index in [4.69, 9.17) is 21.1 Å². The molecule has 0 saturated carbocycles. The van der Waals surface area contributed by atoms with Crippen LogP contribution in [0.25, 0.3) is 16.7 Å². The highest BCUT2D eigenvalue weighted by Crippen LogP contribution is 2.24. The van der Waals surface area contributed by atoms with Gasteiger partial charge < -0.3 is 19.9 Å². The van der Waals surface area contributed by atoms with E-state index in [0.29, 0.717) is 28.1 Å². The van der Waals surface area contributed by atoms with Crippen LogP contribution in [0, 0.1) is 0 Å². The smallest absolute Gasteiger partial charge is 0.339 e. The van der Waals surface area contributed by atoms with E-state index in [0.717, 1.165) is 0 Å². The van der Waals surface area contributed by atoms with Crippen LogP contribution in [0.2, 0.25) is 5.02 Å².